The van der Waals surface area contributed by atoms with E-state index in [0.29, 0.717) is 12.4 Å². The summed E-state index contributed by atoms with van der Waals surface area (Å²) < 4.78 is 6.11. The topological polar surface area (TPSA) is 71.3 Å². The molecule has 0 aliphatic carbocycles. The van der Waals surface area contributed by atoms with Gasteiger partial charge in [-0.2, -0.15) is 4.98 Å². The SMILES string of the molecule is O=C(NCc1cccc(Br)c1)c1nc(-c2ccc(N3CCCCC3)cc2)no1. The van der Waals surface area contributed by atoms with Crippen molar-refractivity contribution in [3.8, 4) is 11.4 Å². The van der Waals surface area contributed by atoms with Gasteiger partial charge in [-0.05, 0) is 61.2 Å². The van der Waals surface area contributed by atoms with Gasteiger partial charge in [-0.1, -0.05) is 33.2 Å². The molecule has 1 N–H and O–H groups in total. The highest BCUT2D eigenvalue weighted by atomic mass is 79.9. The van der Waals surface area contributed by atoms with Crippen molar-refractivity contribution in [3.63, 3.8) is 0 Å². The van der Waals surface area contributed by atoms with Gasteiger partial charge >= 0.3 is 11.8 Å². The fourth-order valence-corrected chi connectivity index (χ4v) is 3.76. The second kappa shape index (κ2) is 8.56. The van der Waals surface area contributed by atoms with Gasteiger partial charge in [-0.25, -0.2) is 0 Å². The van der Waals surface area contributed by atoms with Crippen molar-refractivity contribution in [1.82, 2.24) is 15.5 Å². The predicted octanol–water partition coefficient (Wildman–Crippen LogP) is 4.42. The van der Waals surface area contributed by atoms with Gasteiger partial charge in [0.15, 0.2) is 0 Å². The molecule has 4 rings (SSSR count). The number of anilines is 1. The van der Waals surface area contributed by atoms with E-state index in [0.717, 1.165) is 28.7 Å². The zero-order valence-corrected chi connectivity index (χ0v) is 17.0. The molecule has 1 aliphatic heterocycles. The summed E-state index contributed by atoms with van der Waals surface area (Å²) in [6.07, 6.45) is 3.79. The Bertz CT molecular complexity index is 949. The molecule has 1 amide bonds. The molecule has 0 saturated carbocycles. The molecule has 144 valence electrons. The second-order valence-corrected chi connectivity index (χ2v) is 7.75. The van der Waals surface area contributed by atoms with Crippen molar-refractivity contribution in [2.45, 2.75) is 25.8 Å². The lowest BCUT2D eigenvalue weighted by Crippen LogP contribution is -2.29. The molecule has 1 aromatic heterocycles. The Morgan fingerprint density at radius 3 is 2.64 bits per heavy atom. The fourth-order valence-electron chi connectivity index (χ4n) is 3.31. The number of carbonyl (C=O) groups is 1. The quantitative estimate of drug-likeness (QED) is 0.635. The van der Waals surface area contributed by atoms with Crippen LogP contribution in [0.5, 0.6) is 0 Å². The van der Waals surface area contributed by atoms with Gasteiger partial charge in [0.25, 0.3) is 0 Å². The molecule has 1 fully saturated rings. The first-order chi connectivity index (χ1) is 13.7. The first kappa shape index (κ1) is 18.7. The highest BCUT2D eigenvalue weighted by molar-refractivity contribution is 9.10. The summed E-state index contributed by atoms with van der Waals surface area (Å²) in [6, 6.07) is 15.8. The second-order valence-electron chi connectivity index (χ2n) is 6.83. The molecule has 1 saturated heterocycles. The predicted molar refractivity (Wildman–Crippen MR) is 111 cm³/mol. The van der Waals surface area contributed by atoms with E-state index in [2.05, 4.69) is 48.4 Å². The summed E-state index contributed by atoms with van der Waals surface area (Å²) in [5.74, 6) is -0.00781. The van der Waals surface area contributed by atoms with E-state index in [4.69, 9.17) is 4.52 Å². The molecular formula is C21H21BrN4O2. The normalized spacial score (nSPS) is 14.1. The van der Waals surface area contributed by atoms with E-state index >= 15 is 0 Å². The maximum Gasteiger partial charge on any atom is 0.316 e. The van der Waals surface area contributed by atoms with Crippen LogP contribution in [0.15, 0.2) is 57.5 Å². The molecule has 7 heteroatoms. The molecule has 2 aromatic carbocycles. The molecule has 0 atom stereocenters. The van der Waals surface area contributed by atoms with Crippen LogP contribution >= 0.6 is 15.9 Å². The summed E-state index contributed by atoms with van der Waals surface area (Å²) in [6.45, 7) is 2.59. The summed E-state index contributed by atoms with van der Waals surface area (Å²) in [5, 5.41) is 6.75. The number of benzene rings is 2. The van der Waals surface area contributed by atoms with Crippen LogP contribution in [0.25, 0.3) is 11.4 Å². The Kier molecular flexibility index (Phi) is 5.71. The highest BCUT2D eigenvalue weighted by Gasteiger charge is 2.17. The minimum atomic E-state index is -0.385. The maximum atomic E-state index is 12.3. The lowest BCUT2D eigenvalue weighted by atomic mass is 10.1. The number of halogens is 1. The fraction of sp³-hybridized carbons (Fsp3) is 0.286. The molecule has 0 unspecified atom stereocenters. The zero-order valence-electron chi connectivity index (χ0n) is 15.4. The number of amides is 1. The smallest absolute Gasteiger partial charge is 0.316 e. The van der Waals surface area contributed by atoms with Crippen LogP contribution in [0.1, 0.15) is 35.5 Å². The Hall–Kier alpha value is -2.67. The summed E-state index contributed by atoms with van der Waals surface area (Å²) in [4.78, 5) is 18.9. The maximum absolute atomic E-state index is 12.3. The molecule has 2 heterocycles. The van der Waals surface area contributed by atoms with Crippen LogP contribution < -0.4 is 10.2 Å². The molecular weight excluding hydrogens is 420 g/mol. The number of hydrogen-bond acceptors (Lipinski definition) is 5. The monoisotopic (exact) mass is 440 g/mol. The van der Waals surface area contributed by atoms with Gasteiger partial charge in [-0.15, -0.1) is 0 Å². The van der Waals surface area contributed by atoms with Crippen molar-refractivity contribution in [2.24, 2.45) is 0 Å². The van der Waals surface area contributed by atoms with Crippen molar-refractivity contribution < 1.29 is 9.32 Å². The Morgan fingerprint density at radius 2 is 1.89 bits per heavy atom. The number of aromatic nitrogens is 2. The van der Waals surface area contributed by atoms with Gasteiger partial charge in [0.05, 0.1) is 0 Å². The number of nitrogens with one attached hydrogen (secondary N) is 1. The van der Waals surface area contributed by atoms with Gasteiger partial charge in [0, 0.05) is 35.4 Å². The lowest BCUT2D eigenvalue weighted by molar-refractivity contribution is 0.0907. The highest BCUT2D eigenvalue weighted by Crippen LogP contribution is 2.23. The average Bonchev–Trinajstić information content (AvgIpc) is 3.23. The third kappa shape index (κ3) is 4.42. The molecule has 1 aliphatic rings. The Morgan fingerprint density at radius 1 is 1.11 bits per heavy atom. The van der Waals surface area contributed by atoms with Crippen molar-refractivity contribution >= 4 is 27.5 Å². The molecule has 6 nitrogen and oxygen atoms in total. The number of rotatable bonds is 5. The number of piperidine rings is 1. The first-order valence-corrected chi connectivity index (χ1v) is 10.2. The molecule has 28 heavy (non-hydrogen) atoms. The van der Waals surface area contributed by atoms with Crippen LogP contribution in [-0.2, 0) is 6.54 Å². The van der Waals surface area contributed by atoms with E-state index in [9.17, 15) is 4.79 Å². The summed E-state index contributed by atoms with van der Waals surface area (Å²) in [5.41, 5.74) is 3.02. The van der Waals surface area contributed by atoms with E-state index in [1.807, 2.05) is 36.4 Å². The van der Waals surface area contributed by atoms with Crippen molar-refractivity contribution in [1.29, 1.82) is 0 Å². The third-order valence-corrected chi connectivity index (χ3v) is 5.30. The van der Waals surface area contributed by atoms with Gasteiger partial charge in [0.1, 0.15) is 0 Å². The molecule has 0 radical (unpaired) electrons. The minimum Gasteiger partial charge on any atom is -0.372 e. The van der Waals surface area contributed by atoms with Gasteiger partial charge < -0.3 is 14.7 Å². The van der Waals surface area contributed by atoms with Gasteiger partial charge in [-0.3, -0.25) is 4.79 Å². The largest absolute Gasteiger partial charge is 0.372 e. The Labute approximate surface area is 172 Å². The van der Waals surface area contributed by atoms with Crippen LogP contribution in [0.4, 0.5) is 5.69 Å². The lowest BCUT2D eigenvalue weighted by Gasteiger charge is -2.28. The number of hydrogen-bond donors (Lipinski definition) is 1. The van der Waals surface area contributed by atoms with Crippen LogP contribution in [0.3, 0.4) is 0 Å². The van der Waals surface area contributed by atoms with Gasteiger partial charge in [0.2, 0.25) is 5.82 Å². The summed E-state index contributed by atoms with van der Waals surface area (Å²) in [7, 11) is 0. The van der Waals surface area contributed by atoms with E-state index < -0.39 is 0 Å². The molecule has 3 aromatic rings. The van der Waals surface area contributed by atoms with E-state index in [-0.39, 0.29) is 11.8 Å². The Balaban J connectivity index is 1.40. The van der Waals surface area contributed by atoms with E-state index in [1.54, 1.807) is 0 Å². The number of carbonyl (C=O) groups excluding carboxylic acids is 1. The molecule has 0 bridgehead atoms. The van der Waals surface area contributed by atoms with Crippen LogP contribution in [0.2, 0.25) is 0 Å². The van der Waals surface area contributed by atoms with Crippen molar-refractivity contribution in [2.75, 3.05) is 18.0 Å². The first-order valence-electron chi connectivity index (χ1n) is 9.41. The standard InChI is InChI=1S/C21H21BrN4O2/c22-17-6-4-5-15(13-17)14-23-20(27)21-24-19(25-28-21)16-7-9-18(10-8-16)26-11-2-1-3-12-26/h4-10,13H,1-3,11-12,14H2,(H,23,27). The minimum absolute atomic E-state index is 0.0369. The van der Waals surface area contributed by atoms with Crippen molar-refractivity contribution in [3.05, 3.63) is 64.5 Å². The third-order valence-electron chi connectivity index (χ3n) is 4.81. The van der Waals surface area contributed by atoms with E-state index in [1.165, 1.54) is 24.9 Å². The number of nitrogens with zero attached hydrogens (tertiary/aromatic N) is 3. The molecule has 0 spiro atoms. The summed E-state index contributed by atoms with van der Waals surface area (Å²) >= 11 is 3.42. The average molecular weight is 441 g/mol. The van der Waals surface area contributed by atoms with Crippen LogP contribution in [0, 0.1) is 0 Å². The van der Waals surface area contributed by atoms with Crippen LogP contribution in [-0.4, -0.2) is 29.1 Å². The zero-order chi connectivity index (χ0) is 19.3.